The lowest BCUT2D eigenvalue weighted by Gasteiger charge is -2.13. The average Bonchev–Trinajstić information content (AvgIpc) is 2.63. The molecule has 5 nitrogen and oxygen atoms in total. The lowest BCUT2D eigenvalue weighted by atomic mass is 10.2. The normalized spacial score (nSPS) is 16.4. The molecule has 14 heavy (non-hydrogen) atoms. The molecule has 0 aromatic carbocycles. The predicted molar refractivity (Wildman–Crippen MR) is 56.3 cm³/mol. The van der Waals surface area contributed by atoms with Gasteiger partial charge < -0.3 is 15.8 Å². The Kier molecular flexibility index (Phi) is 2.95. The minimum Gasteiger partial charge on any atom is -0.377 e. The number of hydrogen-bond acceptors (Lipinski definition) is 6. The molecule has 1 aliphatic heterocycles. The fourth-order valence-corrected chi connectivity index (χ4v) is 1.72. The number of rotatable bonds is 3. The lowest BCUT2D eigenvalue weighted by molar-refractivity contribution is 0.150. The highest BCUT2D eigenvalue weighted by Gasteiger charge is 2.05. The number of nitrogens with zero attached hydrogens (tertiary/aromatic N) is 2. The van der Waals surface area contributed by atoms with Crippen LogP contribution in [0.1, 0.15) is 6.42 Å². The molecule has 1 aliphatic rings. The summed E-state index contributed by atoms with van der Waals surface area (Å²) in [4.78, 5) is 4.00. The zero-order valence-corrected chi connectivity index (χ0v) is 8.51. The molecule has 0 radical (unpaired) electrons. The summed E-state index contributed by atoms with van der Waals surface area (Å²) in [5.74, 6) is 0.325. The minimum atomic E-state index is 0.325. The molecular weight excluding hydrogens is 200 g/mol. The van der Waals surface area contributed by atoms with Crippen molar-refractivity contribution < 1.29 is 4.74 Å². The number of anilines is 2. The van der Waals surface area contributed by atoms with Gasteiger partial charge in [0, 0.05) is 18.1 Å². The summed E-state index contributed by atoms with van der Waals surface area (Å²) in [7, 11) is 0. The van der Waals surface area contributed by atoms with Crippen LogP contribution in [0, 0.1) is 0 Å². The third kappa shape index (κ3) is 2.43. The molecule has 0 spiro atoms. The summed E-state index contributed by atoms with van der Waals surface area (Å²) in [6.07, 6.45) is 3.19. The molecule has 1 aromatic rings. The van der Waals surface area contributed by atoms with Crippen molar-refractivity contribution in [3.63, 3.8) is 0 Å². The minimum absolute atomic E-state index is 0.325. The third-order valence-corrected chi connectivity index (χ3v) is 2.58. The fraction of sp³-hybridized carbons (Fsp3) is 0.500. The van der Waals surface area contributed by atoms with Gasteiger partial charge in [-0.25, -0.2) is 0 Å². The fourth-order valence-electron chi connectivity index (χ4n) is 1.23. The number of nitrogens with two attached hydrogens (primary N) is 1. The summed E-state index contributed by atoms with van der Waals surface area (Å²) >= 11 is 1.27. The second kappa shape index (κ2) is 4.39. The first-order valence-corrected chi connectivity index (χ1v) is 5.20. The molecule has 2 rings (SSSR count). The van der Waals surface area contributed by atoms with Crippen LogP contribution in [0.25, 0.3) is 0 Å². The Morgan fingerprint density at radius 1 is 1.64 bits per heavy atom. The molecule has 76 valence electrons. The smallest absolute Gasteiger partial charge is 0.233 e. The van der Waals surface area contributed by atoms with Crippen LogP contribution in [0.15, 0.2) is 11.6 Å². The molecule has 0 unspecified atom stereocenters. The SMILES string of the molecule is Nc1nsc(NCC2=CCCOC2)n1. The molecule has 0 fully saturated rings. The number of nitrogens with one attached hydrogen (secondary N) is 1. The number of aromatic nitrogens is 2. The van der Waals surface area contributed by atoms with Gasteiger partial charge in [0.1, 0.15) is 0 Å². The van der Waals surface area contributed by atoms with Gasteiger partial charge >= 0.3 is 0 Å². The maximum absolute atomic E-state index is 5.40. The predicted octanol–water partition coefficient (Wildman–Crippen LogP) is 0.879. The topological polar surface area (TPSA) is 73.1 Å². The Morgan fingerprint density at radius 3 is 3.21 bits per heavy atom. The molecule has 0 bridgehead atoms. The molecule has 0 aliphatic carbocycles. The van der Waals surface area contributed by atoms with Crippen LogP contribution in [-0.2, 0) is 4.74 Å². The van der Waals surface area contributed by atoms with Gasteiger partial charge in [0.05, 0.1) is 13.2 Å². The van der Waals surface area contributed by atoms with E-state index in [1.807, 2.05) is 0 Å². The van der Waals surface area contributed by atoms with Gasteiger partial charge in [0.15, 0.2) is 0 Å². The van der Waals surface area contributed by atoms with Crippen molar-refractivity contribution in [2.24, 2.45) is 0 Å². The van der Waals surface area contributed by atoms with Gasteiger partial charge in [-0.3, -0.25) is 0 Å². The molecule has 0 amide bonds. The highest BCUT2D eigenvalue weighted by Crippen LogP contribution is 2.13. The number of ether oxygens (including phenoxy) is 1. The van der Waals surface area contributed by atoms with Gasteiger partial charge in [0.2, 0.25) is 11.1 Å². The molecule has 2 heterocycles. The Morgan fingerprint density at radius 2 is 2.57 bits per heavy atom. The zero-order chi connectivity index (χ0) is 9.80. The van der Waals surface area contributed by atoms with Gasteiger partial charge in [-0.2, -0.15) is 9.36 Å². The standard InChI is InChI=1S/C8H12N4OS/c9-7-11-8(14-12-7)10-4-6-2-1-3-13-5-6/h2H,1,3-5H2,(H3,9,10,11,12). The van der Waals surface area contributed by atoms with Gasteiger partial charge in [-0.15, -0.1) is 0 Å². The van der Waals surface area contributed by atoms with Crippen LogP contribution in [0.5, 0.6) is 0 Å². The number of nitrogen functional groups attached to an aromatic ring is 1. The van der Waals surface area contributed by atoms with Crippen LogP contribution in [0.2, 0.25) is 0 Å². The quantitative estimate of drug-likeness (QED) is 0.728. The van der Waals surface area contributed by atoms with Gasteiger partial charge in [-0.1, -0.05) is 6.08 Å². The first kappa shape index (κ1) is 9.42. The molecule has 0 saturated heterocycles. The molecule has 6 heteroatoms. The van der Waals surface area contributed by atoms with Crippen molar-refractivity contribution in [3.05, 3.63) is 11.6 Å². The van der Waals surface area contributed by atoms with Crippen LogP contribution >= 0.6 is 11.5 Å². The lowest BCUT2D eigenvalue weighted by Crippen LogP contribution is -2.13. The van der Waals surface area contributed by atoms with Crippen LogP contribution in [0.3, 0.4) is 0 Å². The Balaban J connectivity index is 1.84. The summed E-state index contributed by atoms with van der Waals surface area (Å²) in [6.45, 7) is 2.30. The molecular formula is C8H12N4OS. The molecule has 1 aromatic heterocycles. The largest absolute Gasteiger partial charge is 0.377 e. The second-order valence-electron chi connectivity index (χ2n) is 3.01. The van der Waals surface area contributed by atoms with Crippen molar-refractivity contribution in [2.45, 2.75) is 6.42 Å². The zero-order valence-electron chi connectivity index (χ0n) is 7.69. The van der Waals surface area contributed by atoms with Gasteiger partial charge in [-0.05, 0) is 12.0 Å². The van der Waals surface area contributed by atoms with E-state index in [4.69, 9.17) is 10.5 Å². The Bertz CT molecular complexity index is 336. The van der Waals surface area contributed by atoms with Crippen molar-refractivity contribution in [1.29, 1.82) is 0 Å². The number of hydrogen-bond donors (Lipinski definition) is 2. The Labute approximate surface area is 86.1 Å². The summed E-state index contributed by atoms with van der Waals surface area (Å²) in [5, 5.41) is 3.91. The summed E-state index contributed by atoms with van der Waals surface area (Å²) < 4.78 is 9.19. The highest BCUT2D eigenvalue weighted by atomic mass is 32.1. The maximum Gasteiger partial charge on any atom is 0.233 e. The van der Waals surface area contributed by atoms with Gasteiger partial charge in [0.25, 0.3) is 0 Å². The van der Waals surface area contributed by atoms with Crippen LogP contribution in [-0.4, -0.2) is 29.1 Å². The van der Waals surface area contributed by atoms with Crippen LogP contribution < -0.4 is 11.1 Å². The highest BCUT2D eigenvalue weighted by molar-refractivity contribution is 7.09. The van der Waals surface area contributed by atoms with Crippen molar-refractivity contribution in [3.8, 4) is 0 Å². The van der Waals surface area contributed by atoms with Crippen molar-refractivity contribution >= 4 is 22.6 Å². The third-order valence-electron chi connectivity index (χ3n) is 1.89. The van der Waals surface area contributed by atoms with E-state index in [0.29, 0.717) is 12.6 Å². The van der Waals surface area contributed by atoms with Crippen molar-refractivity contribution in [1.82, 2.24) is 9.36 Å². The summed E-state index contributed by atoms with van der Waals surface area (Å²) in [5.41, 5.74) is 6.65. The van der Waals surface area contributed by atoms with E-state index < -0.39 is 0 Å². The van der Waals surface area contributed by atoms with E-state index in [1.165, 1.54) is 17.1 Å². The molecule has 0 atom stereocenters. The summed E-state index contributed by atoms with van der Waals surface area (Å²) in [6, 6.07) is 0. The van der Waals surface area contributed by atoms with E-state index in [2.05, 4.69) is 20.8 Å². The first-order chi connectivity index (χ1) is 6.84. The van der Waals surface area contributed by atoms with E-state index in [-0.39, 0.29) is 0 Å². The van der Waals surface area contributed by atoms with E-state index in [0.717, 1.165) is 24.7 Å². The Hall–Kier alpha value is -1.14. The molecule has 3 N–H and O–H groups in total. The van der Waals surface area contributed by atoms with E-state index >= 15 is 0 Å². The monoisotopic (exact) mass is 212 g/mol. The van der Waals surface area contributed by atoms with Crippen LogP contribution in [0.4, 0.5) is 11.1 Å². The average molecular weight is 212 g/mol. The van der Waals surface area contributed by atoms with Crippen molar-refractivity contribution in [2.75, 3.05) is 30.8 Å². The van der Waals surface area contributed by atoms with E-state index in [1.54, 1.807) is 0 Å². The maximum atomic E-state index is 5.40. The first-order valence-electron chi connectivity index (χ1n) is 4.43. The van der Waals surface area contributed by atoms with E-state index in [9.17, 15) is 0 Å². The molecule has 0 saturated carbocycles. The second-order valence-corrected chi connectivity index (χ2v) is 3.77.